The third kappa shape index (κ3) is 3.80. The van der Waals surface area contributed by atoms with E-state index >= 15 is 0 Å². The smallest absolute Gasteiger partial charge is 0.224 e. The van der Waals surface area contributed by atoms with Gasteiger partial charge in [-0.3, -0.25) is 9.59 Å². The summed E-state index contributed by atoms with van der Waals surface area (Å²) in [5.41, 5.74) is 2.01. The molecule has 0 unspecified atom stereocenters. The second kappa shape index (κ2) is 6.85. The molecule has 0 saturated heterocycles. The molecular formula is C14H15ClN4O2S. The lowest BCUT2D eigenvalue weighted by molar-refractivity contribution is -0.116. The monoisotopic (exact) mass is 338 g/mol. The van der Waals surface area contributed by atoms with Crippen LogP contribution in [0, 0.1) is 6.92 Å². The van der Waals surface area contributed by atoms with Gasteiger partial charge in [-0.15, -0.1) is 0 Å². The fourth-order valence-corrected chi connectivity index (χ4v) is 2.91. The Morgan fingerprint density at radius 1 is 1.36 bits per heavy atom. The summed E-state index contributed by atoms with van der Waals surface area (Å²) < 4.78 is 0. The maximum atomic E-state index is 11.5. The van der Waals surface area contributed by atoms with Crippen molar-refractivity contribution in [2.24, 2.45) is 0 Å². The van der Waals surface area contributed by atoms with Crippen molar-refractivity contribution in [1.82, 2.24) is 9.97 Å². The molecule has 0 radical (unpaired) electrons. The molecule has 2 N–H and O–H groups in total. The van der Waals surface area contributed by atoms with Gasteiger partial charge in [0.2, 0.25) is 11.8 Å². The molecule has 6 nitrogen and oxygen atoms in total. The number of pyridine rings is 1. The summed E-state index contributed by atoms with van der Waals surface area (Å²) in [5, 5.41) is 6.12. The maximum absolute atomic E-state index is 11.5. The van der Waals surface area contributed by atoms with Crippen molar-refractivity contribution < 1.29 is 9.59 Å². The molecule has 0 aliphatic heterocycles. The number of nitrogens with zero attached hydrogens (tertiary/aromatic N) is 2. The molecule has 0 fully saturated rings. The minimum atomic E-state index is -0.176. The third-order valence-corrected chi connectivity index (χ3v) is 4.20. The number of nitrogens with one attached hydrogen (secondary N) is 2. The maximum Gasteiger partial charge on any atom is 0.224 e. The van der Waals surface area contributed by atoms with Gasteiger partial charge < -0.3 is 10.6 Å². The summed E-state index contributed by atoms with van der Waals surface area (Å²) in [7, 11) is 0. The first-order valence-corrected chi connectivity index (χ1v) is 7.81. The van der Waals surface area contributed by atoms with Crippen molar-refractivity contribution in [3.05, 3.63) is 23.1 Å². The normalized spacial score (nSPS) is 10.4. The Balaban J connectivity index is 2.36. The predicted molar refractivity (Wildman–Crippen MR) is 88.3 cm³/mol. The van der Waals surface area contributed by atoms with E-state index in [0.717, 1.165) is 16.1 Å². The number of aromatic nitrogens is 2. The summed E-state index contributed by atoms with van der Waals surface area (Å²) in [6, 6.07) is 1.75. The Morgan fingerprint density at radius 2 is 2.09 bits per heavy atom. The molecule has 22 heavy (non-hydrogen) atoms. The van der Waals surface area contributed by atoms with Crippen molar-refractivity contribution in [3.8, 4) is 10.4 Å². The fourth-order valence-electron chi connectivity index (χ4n) is 1.77. The molecule has 2 amide bonds. The van der Waals surface area contributed by atoms with Crippen LogP contribution in [0.25, 0.3) is 10.4 Å². The van der Waals surface area contributed by atoms with E-state index < -0.39 is 0 Å². The molecule has 0 aliphatic carbocycles. The van der Waals surface area contributed by atoms with Gasteiger partial charge in [-0.25, -0.2) is 9.97 Å². The fraction of sp³-hybridized carbons (Fsp3) is 0.286. The molecule has 0 saturated carbocycles. The van der Waals surface area contributed by atoms with Gasteiger partial charge in [-0.05, 0) is 13.0 Å². The molecule has 2 aromatic rings. The van der Waals surface area contributed by atoms with Gasteiger partial charge in [0.05, 0.1) is 16.3 Å². The number of hydrogen-bond donors (Lipinski definition) is 2. The lowest BCUT2D eigenvalue weighted by atomic mass is 10.2. The number of thiazole rings is 1. The minimum Gasteiger partial charge on any atom is -0.323 e. The lowest BCUT2D eigenvalue weighted by Gasteiger charge is -2.07. The van der Waals surface area contributed by atoms with E-state index in [-0.39, 0.29) is 17.0 Å². The molecule has 0 bridgehead atoms. The van der Waals surface area contributed by atoms with Crippen molar-refractivity contribution in [2.75, 3.05) is 10.6 Å². The Kier molecular flexibility index (Phi) is 5.10. The Morgan fingerprint density at radius 3 is 2.73 bits per heavy atom. The highest BCUT2D eigenvalue weighted by Gasteiger charge is 2.14. The average molecular weight is 339 g/mol. The second-order valence-corrected chi connectivity index (χ2v) is 5.94. The number of aryl methyl sites for hydroxylation is 1. The SMILES string of the molecule is CCC(=O)Nc1cc(-c2sc(NC(C)=O)nc2C)cnc1Cl. The molecule has 116 valence electrons. The van der Waals surface area contributed by atoms with Crippen LogP contribution in [0.1, 0.15) is 26.0 Å². The number of carbonyl (C=O) groups excluding carboxylic acids is 2. The first kappa shape index (κ1) is 16.4. The Labute approximate surface area is 136 Å². The van der Waals surface area contributed by atoms with Crippen LogP contribution in [-0.2, 0) is 9.59 Å². The summed E-state index contributed by atoms with van der Waals surface area (Å²) in [5.74, 6) is -0.314. The van der Waals surface area contributed by atoms with Crippen LogP contribution in [0.3, 0.4) is 0 Å². The van der Waals surface area contributed by atoms with Crippen LogP contribution >= 0.6 is 22.9 Å². The number of carbonyl (C=O) groups is 2. The zero-order valence-electron chi connectivity index (χ0n) is 12.4. The highest BCUT2D eigenvalue weighted by atomic mass is 35.5. The zero-order chi connectivity index (χ0) is 16.3. The summed E-state index contributed by atoms with van der Waals surface area (Å²) in [6.45, 7) is 5.03. The van der Waals surface area contributed by atoms with E-state index in [1.807, 2.05) is 6.92 Å². The standard InChI is InChI=1S/C14H15ClN4O2S/c1-4-11(21)19-10-5-9(6-16-13(10)15)12-7(2)17-14(22-12)18-8(3)20/h5-6H,4H2,1-3H3,(H,19,21)(H,17,18,20). The van der Waals surface area contributed by atoms with Crippen LogP contribution < -0.4 is 10.6 Å². The van der Waals surface area contributed by atoms with Gasteiger partial charge in [0.25, 0.3) is 0 Å². The van der Waals surface area contributed by atoms with E-state index in [0.29, 0.717) is 17.2 Å². The predicted octanol–water partition coefficient (Wildman–Crippen LogP) is 3.47. The number of anilines is 2. The molecule has 0 aliphatic rings. The van der Waals surface area contributed by atoms with Crippen molar-refractivity contribution in [1.29, 1.82) is 0 Å². The lowest BCUT2D eigenvalue weighted by Crippen LogP contribution is -2.10. The first-order valence-electron chi connectivity index (χ1n) is 6.61. The molecule has 8 heteroatoms. The molecule has 2 rings (SSSR count). The van der Waals surface area contributed by atoms with E-state index in [1.54, 1.807) is 19.2 Å². The number of rotatable bonds is 4. The minimum absolute atomic E-state index is 0.138. The Hall–Kier alpha value is -1.99. The largest absolute Gasteiger partial charge is 0.323 e. The number of hydrogen-bond acceptors (Lipinski definition) is 5. The summed E-state index contributed by atoms with van der Waals surface area (Å²) >= 11 is 7.34. The first-order chi connectivity index (χ1) is 10.4. The van der Waals surface area contributed by atoms with Gasteiger partial charge in [0, 0.05) is 25.1 Å². The van der Waals surface area contributed by atoms with E-state index in [1.165, 1.54) is 18.3 Å². The quantitative estimate of drug-likeness (QED) is 0.836. The Bertz CT molecular complexity index is 730. The van der Waals surface area contributed by atoms with E-state index in [2.05, 4.69) is 20.6 Å². The number of halogens is 1. The molecule has 2 aromatic heterocycles. The highest BCUT2D eigenvalue weighted by molar-refractivity contribution is 7.19. The van der Waals surface area contributed by atoms with Gasteiger partial charge in [-0.2, -0.15) is 0 Å². The van der Waals surface area contributed by atoms with E-state index in [9.17, 15) is 9.59 Å². The van der Waals surface area contributed by atoms with Crippen LogP contribution in [0.2, 0.25) is 5.15 Å². The van der Waals surface area contributed by atoms with Crippen LogP contribution in [0.4, 0.5) is 10.8 Å². The summed E-state index contributed by atoms with van der Waals surface area (Å²) in [6.07, 6.45) is 1.97. The topological polar surface area (TPSA) is 84.0 Å². The van der Waals surface area contributed by atoms with Gasteiger partial charge >= 0.3 is 0 Å². The molecule has 0 spiro atoms. The van der Waals surface area contributed by atoms with Gasteiger partial charge in [-0.1, -0.05) is 29.9 Å². The highest BCUT2D eigenvalue weighted by Crippen LogP contribution is 2.35. The van der Waals surface area contributed by atoms with Gasteiger partial charge in [0.1, 0.15) is 0 Å². The van der Waals surface area contributed by atoms with Crippen LogP contribution in [0.5, 0.6) is 0 Å². The second-order valence-electron chi connectivity index (χ2n) is 4.58. The summed E-state index contributed by atoms with van der Waals surface area (Å²) in [4.78, 5) is 31.9. The van der Waals surface area contributed by atoms with E-state index in [4.69, 9.17) is 11.6 Å². The average Bonchev–Trinajstić information content (AvgIpc) is 2.81. The van der Waals surface area contributed by atoms with Crippen molar-refractivity contribution >= 4 is 45.6 Å². The third-order valence-electron chi connectivity index (χ3n) is 2.78. The number of amides is 2. The molecule has 0 aromatic carbocycles. The molecule has 0 atom stereocenters. The van der Waals surface area contributed by atoms with Gasteiger partial charge in [0.15, 0.2) is 10.3 Å². The zero-order valence-corrected chi connectivity index (χ0v) is 13.9. The molecule has 2 heterocycles. The van der Waals surface area contributed by atoms with Crippen LogP contribution in [0.15, 0.2) is 12.3 Å². The van der Waals surface area contributed by atoms with Crippen molar-refractivity contribution in [2.45, 2.75) is 27.2 Å². The molecular weight excluding hydrogens is 324 g/mol. The van der Waals surface area contributed by atoms with Crippen LogP contribution in [-0.4, -0.2) is 21.8 Å². The van der Waals surface area contributed by atoms with Crippen molar-refractivity contribution in [3.63, 3.8) is 0 Å².